The summed E-state index contributed by atoms with van der Waals surface area (Å²) in [6.07, 6.45) is 0. The molecule has 28 heavy (non-hydrogen) atoms. The number of hydrogen-bond donors (Lipinski definition) is 1. The highest BCUT2D eigenvalue weighted by Crippen LogP contribution is 2.29. The molecule has 0 spiro atoms. The molecule has 0 saturated carbocycles. The third-order valence-corrected chi connectivity index (χ3v) is 6.10. The number of hydrogen-bond acceptors (Lipinski definition) is 4. The van der Waals surface area contributed by atoms with Gasteiger partial charge in [0.15, 0.2) is 0 Å². The summed E-state index contributed by atoms with van der Waals surface area (Å²) in [7, 11) is -3.74. The quantitative estimate of drug-likeness (QED) is 0.688. The average Bonchev–Trinajstić information content (AvgIpc) is 2.93. The molecule has 2 amide bonds. The Morgan fingerprint density at radius 1 is 0.750 bits per heavy atom. The fourth-order valence-electron chi connectivity index (χ4n) is 3.17. The molecular formula is C21H16N2O4S. The summed E-state index contributed by atoms with van der Waals surface area (Å²) < 4.78 is 27.7. The number of carbonyl (C=O) groups is 2. The molecule has 3 aromatic rings. The summed E-state index contributed by atoms with van der Waals surface area (Å²) in [5.41, 5.74) is 2.07. The van der Waals surface area contributed by atoms with Gasteiger partial charge in [-0.3, -0.25) is 14.3 Å². The van der Waals surface area contributed by atoms with E-state index in [2.05, 4.69) is 4.72 Å². The zero-order valence-electron chi connectivity index (χ0n) is 14.9. The number of anilines is 2. The van der Waals surface area contributed by atoms with Crippen LogP contribution in [0.15, 0.2) is 77.7 Å². The monoisotopic (exact) mass is 392 g/mol. The number of fused-ring (bicyclic) bond motifs is 1. The zero-order chi connectivity index (χ0) is 19.9. The Balaban J connectivity index is 1.60. The molecule has 0 aromatic heterocycles. The van der Waals surface area contributed by atoms with E-state index in [4.69, 9.17) is 0 Å². The molecule has 0 fully saturated rings. The lowest BCUT2D eigenvalue weighted by atomic mass is 10.1. The molecule has 0 radical (unpaired) electrons. The first-order valence-electron chi connectivity index (χ1n) is 8.55. The Hall–Kier alpha value is -3.45. The van der Waals surface area contributed by atoms with Crippen molar-refractivity contribution >= 4 is 33.2 Å². The molecule has 1 N–H and O–H groups in total. The number of sulfonamides is 1. The largest absolute Gasteiger partial charge is 0.280 e. The van der Waals surface area contributed by atoms with Gasteiger partial charge in [-0.25, -0.2) is 13.3 Å². The molecule has 3 aromatic carbocycles. The van der Waals surface area contributed by atoms with Gasteiger partial charge in [0.05, 0.1) is 21.7 Å². The molecule has 7 heteroatoms. The van der Waals surface area contributed by atoms with E-state index in [1.165, 1.54) is 30.3 Å². The molecular weight excluding hydrogens is 376 g/mol. The van der Waals surface area contributed by atoms with Crippen LogP contribution in [0.2, 0.25) is 0 Å². The van der Waals surface area contributed by atoms with Crippen molar-refractivity contribution in [2.24, 2.45) is 0 Å². The fraction of sp³-hybridized carbons (Fsp3) is 0.0476. The van der Waals surface area contributed by atoms with Crippen LogP contribution in [0.3, 0.4) is 0 Å². The summed E-state index contributed by atoms with van der Waals surface area (Å²) in [5.74, 6) is -0.789. The van der Waals surface area contributed by atoms with Crippen molar-refractivity contribution in [3.8, 4) is 0 Å². The minimum absolute atomic E-state index is 0.194. The second-order valence-electron chi connectivity index (χ2n) is 6.41. The molecule has 0 saturated heterocycles. The zero-order valence-corrected chi connectivity index (χ0v) is 15.7. The molecule has 4 rings (SSSR count). The SMILES string of the molecule is Cc1ccccc1S(=O)(=O)Nc1ccc(N2C(=O)c3ccccc3C2=O)cc1. The predicted octanol–water partition coefficient (Wildman–Crippen LogP) is 3.60. The van der Waals surface area contributed by atoms with Crippen LogP contribution < -0.4 is 9.62 Å². The van der Waals surface area contributed by atoms with Crippen molar-refractivity contribution in [1.29, 1.82) is 0 Å². The minimum Gasteiger partial charge on any atom is -0.280 e. The van der Waals surface area contributed by atoms with E-state index in [0.29, 0.717) is 28.1 Å². The molecule has 0 bridgehead atoms. The maximum Gasteiger partial charge on any atom is 0.266 e. The Kier molecular flexibility index (Phi) is 4.24. The van der Waals surface area contributed by atoms with Crippen molar-refractivity contribution in [2.75, 3.05) is 9.62 Å². The van der Waals surface area contributed by atoms with E-state index in [-0.39, 0.29) is 4.90 Å². The summed E-state index contributed by atoms with van der Waals surface area (Å²) in [6.45, 7) is 1.72. The molecule has 0 unspecified atom stereocenters. The van der Waals surface area contributed by atoms with Crippen LogP contribution in [0.4, 0.5) is 11.4 Å². The van der Waals surface area contributed by atoms with Crippen LogP contribution in [0, 0.1) is 6.92 Å². The number of aryl methyl sites for hydroxylation is 1. The van der Waals surface area contributed by atoms with Gasteiger partial charge in [-0.05, 0) is 55.0 Å². The van der Waals surface area contributed by atoms with Gasteiger partial charge < -0.3 is 0 Å². The van der Waals surface area contributed by atoms with Gasteiger partial charge in [0.1, 0.15) is 0 Å². The normalized spacial score (nSPS) is 13.5. The molecule has 1 aliphatic rings. The van der Waals surface area contributed by atoms with Crippen molar-refractivity contribution < 1.29 is 18.0 Å². The highest BCUT2D eigenvalue weighted by atomic mass is 32.2. The van der Waals surface area contributed by atoms with Crippen LogP contribution in [-0.4, -0.2) is 20.2 Å². The molecule has 0 atom stereocenters. The van der Waals surface area contributed by atoms with Crippen LogP contribution in [-0.2, 0) is 10.0 Å². The third kappa shape index (κ3) is 2.95. The molecule has 6 nitrogen and oxygen atoms in total. The van der Waals surface area contributed by atoms with Crippen LogP contribution >= 0.6 is 0 Å². The lowest BCUT2D eigenvalue weighted by molar-refractivity contribution is 0.0926. The van der Waals surface area contributed by atoms with Gasteiger partial charge >= 0.3 is 0 Å². The van der Waals surface area contributed by atoms with Crippen LogP contribution in [0.5, 0.6) is 0 Å². The number of nitrogens with zero attached hydrogens (tertiary/aromatic N) is 1. The smallest absolute Gasteiger partial charge is 0.266 e. The highest BCUT2D eigenvalue weighted by molar-refractivity contribution is 7.92. The molecule has 140 valence electrons. The summed E-state index contributed by atoms with van der Waals surface area (Å²) in [5, 5.41) is 0. The van der Waals surface area contributed by atoms with Gasteiger partial charge in [0.25, 0.3) is 21.8 Å². The maximum atomic E-state index is 12.6. The maximum absolute atomic E-state index is 12.6. The van der Waals surface area contributed by atoms with E-state index in [9.17, 15) is 18.0 Å². The summed E-state index contributed by atoms with van der Waals surface area (Å²) in [4.78, 5) is 26.4. The standard InChI is InChI=1S/C21H16N2O4S/c1-14-6-2-5-9-19(14)28(26,27)22-15-10-12-16(13-11-15)23-20(24)17-7-3-4-8-18(17)21(23)25/h2-13,22H,1H3. The second kappa shape index (κ2) is 6.61. The number of nitrogens with one attached hydrogen (secondary N) is 1. The van der Waals surface area contributed by atoms with Gasteiger partial charge in [-0.15, -0.1) is 0 Å². The lowest BCUT2D eigenvalue weighted by Crippen LogP contribution is -2.29. The first-order chi connectivity index (χ1) is 13.4. The van der Waals surface area contributed by atoms with E-state index >= 15 is 0 Å². The summed E-state index contributed by atoms with van der Waals surface area (Å²) in [6, 6.07) is 19.4. The van der Waals surface area contributed by atoms with Crippen LogP contribution in [0.25, 0.3) is 0 Å². The number of benzene rings is 3. The first-order valence-corrected chi connectivity index (χ1v) is 10.0. The van der Waals surface area contributed by atoms with Crippen molar-refractivity contribution in [2.45, 2.75) is 11.8 Å². The summed E-state index contributed by atoms with van der Waals surface area (Å²) >= 11 is 0. The van der Waals surface area contributed by atoms with E-state index in [1.807, 2.05) is 0 Å². The van der Waals surface area contributed by atoms with Crippen molar-refractivity contribution in [3.05, 3.63) is 89.5 Å². The van der Waals surface area contributed by atoms with E-state index in [0.717, 1.165) is 4.90 Å². The molecule has 1 heterocycles. The Bertz CT molecular complexity index is 1170. The predicted molar refractivity (Wildman–Crippen MR) is 106 cm³/mol. The van der Waals surface area contributed by atoms with Gasteiger partial charge in [-0.1, -0.05) is 30.3 Å². The molecule has 0 aliphatic carbocycles. The van der Waals surface area contributed by atoms with E-state index < -0.39 is 21.8 Å². The van der Waals surface area contributed by atoms with E-state index in [1.54, 1.807) is 49.4 Å². The van der Waals surface area contributed by atoms with Gasteiger partial charge in [0, 0.05) is 5.69 Å². The Morgan fingerprint density at radius 3 is 1.86 bits per heavy atom. The third-order valence-electron chi connectivity index (χ3n) is 4.55. The first kappa shape index (κ1) is 17.9. The number of carbonyl (C=O) groups excluding carboxylic acids is 2. The highest BCUT2D eigenvalue weighted by Gasteiger charge is 2.36. The van der Waals surface area contributed by atoms with Crippen molar-refractivity contribution in [3.63, 3.8) is 0 Å². The van der Waals surface area contributed by atoms with Crippen LogP contribution in [0.1, 0.15) is 26.3 Å². The Labute approximate surface area is 162 Å². The topological polar surface area (TPSA) is 83.6 Å². The minimum atomic E-state index is -3.74. The van der Waals surface area contributed by atoms with Gasteiger partial charge in [0.2, 0.25) is 0 Å². The average molecular weight is 392 g/mol. The fourth-order valence-corrected chi connectivity index (χ4v) is 4.48. The molecule has 1 aliphatic heterocycles. The number of imide groups is 1. The van der Waals surface area contributed by atoms with Crippen molar-refractivity contribution in [1.82, 2.24) is 0 Å². The Morgan fingerprint density at radius 2 is 1.29 bits per heavy atom. The number of rotatable bonds is 4. The lowest BCUT2D eigenvalue weighted by Gasteiger charge is -2.15. The van der Waals surface area contributed by atoms with Gasteiger partial charge in [-0.2, -0.15) is 0 Å². The second-order valence-corrected chi connectivity index (χ2v) is 8.06. The number of amides is 2.